The molecule has 0 aliphatic carbocycles. The minimum atomic E-state index is -3.43. The van der Waals surface area contributed by atoms with Gasteiger partial charge >= 0.3 is 0 Å². The lowest BCUT2D eigenvalue weighted by molar-refractivity contribution is -0.114. The molecule has 132 heavy (non-hydrogen) atoms. The monoisotopic (exact) mass is 1830 g/mol. The van der Waals surface area contributed by atoms with Crippen LogP contribution in [0.3, 0.4) is 0 Å². The van der Waals surface area contributed by atoms with E-state index in [-0.39, 0.29) is 115 Å². The quantitative estimate of drug-likeness (QED) is 0.0209. The van der Waals surface area contributed by atoms with Gasteiger partial charge in [0.15, 0.2) is 23.1 Å². The van der Waals surface area contributed by atoms with Crippen LogP contribution >= 0.6 is 0 Å². The summed E-state index contributed by atoms with van der Waals surface area (Å²) in [4.78, 5) is 73.2. The second-order valence-electron chi connectivity index (χ2n) is 28.3. The molecule has 12 aromatic rings. The highest BCUT2D eigenvalue weighted by Gasteiger charge is 2.23. The molecule has 0 aliphatic heterocycles. The Kier molecular flexibility index (Phi) is 21.2. The first-order valence-corrected chi connectivity index (χ1v) is 38.9. The van der Waals surface area contributed by atoms with Gasteiger partial charge in [-0.3, -0.25) is 39.1 Å². The van der Waals surface area contributed by atoms with Gasteiger partial charge in [0.1, 0.15) is 70.5 Å². The lowest BCUT2D eigenvalue weighted by atomic mass is 10.0. The van der Waals surface area contributed by atoms with E-state index in [1.807, 2.05) is 0 Å². The zero-order valence-corrected chi connectivity index (χ0v) is 73.4. The van der Waals surface area contributed by atoms with Crippen LogP contribution in [-0.4, -0.2) is 171 Å². The number of carbonyl (C=O) groups is 4. The number of fused-ring (bicyclic) bond motifs is 4. The average Bonchev–Trinajstić information content (AvgIpc) is 0.747. The lowest BCUT2D eigenvalue weighted by Crippen LogP contribution is -2.11. The van der Waals surface area contributed by atoms with Gasteiger partial charge in [-0.25, -0.2) is 17.6 Å². The fraction of sp³-hybridized carbons (Fsp3) is 0.269. The number of aromatic nitrogens is 4. The Labute approximate surface area is 825 Å². The maximum absolute atomic E-state index is 14.4. The Hall–Kier alpha value is -15.0. The second-order valence-corrected chi connectivity index (χ2v) is 28.3. The van der Waals surface area contributed by atoms with Crippen molar-refractivity contribution in [3.05, 3.63) is 284 Å². The molecule has 4 heterocycles. The maximum Gasteiger partial charge on any atom is 0.159 e. The summed E-state index contributed by atoms with van der Waals surface area (Å²) in [5, 5.41) is 48.7. The number of pyridine rings is 4. The molecule has 0 spiro atoms. The van der Waals surface area contributed by atoms with Crippen LogP contribution < -0.4 is 40.2 Å². The highest BCUT2D eigenvalue weighted by atomic mass is 19.1. The van der Waals surface area contributed by atoms with Gasteiger partial charge in [-0.05, 0) is 255 Å². The van der Waals surface area contributed by atoms with E-state index in [9.17, 15) is 57.8 Å². The van der Waals surface area contributed by atoms with E-state index < -0.39 is 365 Å². The minimum absolute atomic E-state index is 0.0153. The summed E-state index contributed by atoms with van der Waals surface area (Å²) in [6.45, 7) is -7.59. The summed E-state index contributed by atoms with van der Waals surface area (Å²) in [6, 6.07) is -8.05. The molecule has 0 saturated heterocycles. The third-order valence-corrected chi connectivity index (χ3v) is 17.0. The largest absolute Gasteiger partial charge is 0.494 e. The Bertz CT molecular complexity index is 8820. The van der Waals surface area contributed by atoms with E-state index in [2.05, 4.69) is 41.2 Å². The topological polar surface area (TPSA) is 313 Å². The molecule has 0 saturated carbocycles. The second kappa shape index (κ2) is 48.9. The number of nitriles is 4. The van der Waals surface area contributed by atoms with Crippen molar-refractivity contribution in [2.24, 2.45) is 0 Å². The molecule has 680 valence electrons. The van der Waals surface area contributed by atoms with Gasteiger partial charge < -0.3 is 59.8 Å². The Morgan fingerprint density at radius 1 is 0.386 bits per heavy atom. The van der Waals surface area contributed by atoms with E-state index in [4.69, 9.17) is 75.1 Å². The molecule has 0 amide bonds. The number of ketones is 4. The normalized spacial score (nSPS) is 16.6. The van der Waals surface area contributed by atoms with Crippen molar-refractivity contribution in [1.29, 1.82) is 21.0 Å². The molecule has 8 aromatic carbocycles. The Balaban J connectivity index is 0.000000253. The lowest BCUT2D eigenvalue weighted by Gasteiger charge is -2.15. The molecule has 0 fully saturated rings. The number of nitrogens with one attached hydrogen (secondary N) is 4. The van der Waals surface area contributed by atoms with E-state index in [0.29, 0.717) is 6.08 Å². The van der Waals surface area contributed by atoms with Crippen molar-refractivity contribution in [3.63, 3.8) is 0 Å². The van der Waals surface area contributed by atoms with Gasteiger partial charge in [0.05, 0.1) is 140 Å². The number of anilines is 8. The predicted molar refractivity (Wildman–Crippen MR) is 514 cm³/mol. The third kappa shape index (κ3) is 28.5. The maximum atomic E-state index is 14.4. The highest BCUT2D eigenvalue weighted by molar-refractivity contribution is 6.03. The zero-order valence-electron chi connectivity index (χ0n) is 114. The molecule has 0 aliphatic rings. The molecule has 24 nitrogen and oxygen atoms in total. The van der Waals surface area contributed by atoms with Crippen LogP contribution in [0.25, 0.3) is 43.6 Å². The number of nitrogens with zero attached hydrogens (tertiary/aromatic N) is 12. The number of allylic oxidation sites excluding steroid dienone is 4. The SMILES string of the molecule is [2H]/C(=C\C(=O)Cc1c(OC([2H])([2H])C([2H])([2H])[2H])c([2H])c2nc([2H])c(C#N)c(Nc3c([2H])c([2H])c(F)c(C)c3[2H])c2c1[2H])CN(C)C.[2H]/C(=C\C(=O)Cc1c(OC([2H])([2H])C)c([2H])c2nc([2H])c(C#N)c(Nc3c([2H])c([2H])c(F)c(C)c3[2H])c2c1[2H])C([2H])([2H])N(C)C.[2H]/C(=C\C(=O)Cc1c(OC([2H])([2H])C)c([2H])c2nc([2H])c(C#N)c(Nc3c([2H])c([2H])c(F)c(C)c3[2H])c2c1[2H])CN(C)C.[2H]/C(=C\C(=O)Cc1c(OCC)c([2H])c2nc([2H])c(C#N)c(Nc3c([2H])c([2H])c(F)c(C)c3[2H])c2c1[2H])C([2H])([2H])N(C)C. The summed E-state index contributed by atoms with van der Waals surface area (Å²) in [6.07, 6.45) is -2.16. The van der Waals surface area contributed by atoms with Crippen molar-refractivity contribution in [1.82, 2.24) is 39.5 Å². The molecular formula is C104H108F4N16O8. The fourth-order valence-corrected chi connectivity index (χ4v) is 11.1. The van der Waals surface area contributed by atoms with Gasteiger partial charge in [-0.1, -0.05) is 24.2 Å². The van der Waals surface area contributed by atoms with Gasteiger partial charge in [-0.15, -0.1) is 0 Å². The molecule has 4 aromatic heterocycles. The van der Waals surface area contributed by atoms with Crippen molar-refractivity contribution in [2.75, 3.05) is 130 Å². The summed E-state index contributed by atoms with van der Waals surface area (Å²) >= 11 is 0. The first-order chi connectivity index (χ1) is 79.7. The first-order valence-electron chi connectivity index (χ1n) is 59.4. The van der Waals surface area contributed by atoms with Gasteiger partial charge in [-0.2, -0.15) is 21.0 Å². The van der Waals surface area contributed by atoms with E-state index >= 15 is 0 Å². The van der Waals surface area contributed by atoms with Crippen LogP contribution in [0.15, 0.2) is 194 Å². The fourth-order valence-electron chi connectivity index (χ4n) is 11.1. The molecule has 0 unspecified atom stereocenters. The number of rotatable bonds is 36. The summed E-state index contributed by atoms with van der Waals surface area (Å²) in [5.74, 6) is -9.74. The smallest absolute Gasteiger partial charge is 0.159 e. The van der Waals surface area contributed by atoms with Gasteiger partial charge in [0.25, 0.3) is 0 Å². The predicted octanol–water partition coefficient (Wildman–Crippen LogP) is 19.7. The molecule has 0 bridgehead atoms. The third-order valence-electron chi connectivity index (χ3n) is 17.0. The van der Waals surface area contributed by atoms with Gasteiger partial charge in [0, 0.05) is 177 Å². The van der Waals surface area contributed by atoms with Crippen LogP contribution in [0.1, 0.15) is 151 Å². The van der Waals surface area contributed by atoms with Gasteiger partial charge in [0.2, 0.25) is 0 Å². The number of hydrogen-bond acceptors (Lipinski definition) is 24. The van der Waals surface area contributed by atoms with Crippen molar-refractivity contribution in [2.45, 2.75) is 81.0 Å². The molecule has 0 atom stereocenters. The standard InChI is InChI=1S/4C26H27FN4O2/c4*1-5-33-25-14-24-22(13-18(25)12-21(32)7-6-10-31(3)4)26(19(15-28)16-29-24)30-20-8-9-23(27)17(2)11-20/h4*6-9,11,13-14,16H,5,10,12H2,1-4H3,(H,29,30)/b4*7-6+/i5D2,6D,8D,9D,10D2,11D,13D,14D,16D;1D3,5D2,6D,8D,9D,11D,13D,14D,16D;6D,8D,9D,10D2,11D,13D,14D,16D;5D2,6D,8D,9D,11D,13D,14D,16D. The van der Waals surface area contributed by atoms with Crippen molar-refractivity contribution in [3.8, 4) is 47.3 Å². The number of hydrogen-bond donors (Lipinski definition) is 4. The van der Waals surface area contributed by atoms with Crippen molar-refractivity contribution >= 4 is 112 Å². The van der Waals surface area contributed by atoms with E-state index in [1.165, 1.54) is 55.9 Å². The molecule has 0 radical (unpaired) electrons. The molecule has 4 N–H and O–H groups in total. The van der Waals surface area contributed by atoms with Crippen LogP contribution in [0, 0.1) is 96.3 Å². The molecule has 28 heteroatoms. The van der Waals surface area contributed by atoms with Crippen LogP contribution in [0.5, 0.6) is 23.0 Å². The number of carbonyl (C=O) groups excluding carboxylic acids is 4. The molecular weight excluding hydrogens is 1680 g/mol. The minimum Gasteiger partial charge on any atom is -0.494 e. The zero-order chi connectivity index (χ0) is 132. The Morgan fingerprint density at radius 2 is 0.636 bits per heavy atom. The number of ether oxygens (including phenoxy) is 4. The van der Waals surface area contributed by atoms with E-state index in [1.54, 1.807) is 69.2 Å². The number of likely N-dealkylation sites (N-methyl/N-ethyl adjacent to an activating group) is 4. The number of halogens is 4. The summed E-state index contributed by atoms with van der Waals surface area (Å²) in [5.41, 5.74) is -9.30. The van der Waals surface area contributed by atoms with E-state index in [0.717, 1.165) is 41.9 Å². The Morgan fingerprint density at radius 3 is 0.864 bits per heavy atom. The van der Waals surface area contributed by atoms with Crippen LogP contribution in [-0.2, 0) is 44.9 Å². The van der Waals surface area contributed by atoms with Crippen molar-refractivity contribution < 1.29 is 112 Å². The highest BCUT2D eigenvalue weighted by Crippen LogP contribution is 2.40. The molecule has 12 rings (SSSR count). The summed E-state index contributed by atoms with van der Waals surface area (Å²) < 4.78 is 415. The average molecular weight is 1830 g/mol. The summed E-state index contributed by atoms with van der Waals surface area (Å²) in [7, 11) is 12.2. The first kappa shape index (κ1) is 57.1. The van der Waals surface area contributed by atoms with Crippen LogP contribution in [0.4, 0.5) is 63.1 Å². The van der Waals surface area contributed by atoms with Crippen LogP contribution in [0.2, 0.25) is 0 Å². The number of benzene rings is 8.